The maximum absolute atomic E-state index is 13.7. The summed E-state index contributed by atoms with van der Waals surface area (Å²) in [7, 11) is 0. The van der Waals surface area contributed by atoms with Crippen molar-refractivity contribution in [3.05, 3.63) is 35.1 Å². The number of hydrogen-bond donors (Lipinski definition) is 1. The second-order valence-electron chi connectivity index (χ2n) is 5.10. The summed E-state index contributed by atoms with van der Waals surface area (Å²) in [6, 6.07) is 2.01. The number of halogens is 3. The molecule has 0 aromatic heterocycles. The topological polar surface area (TPSA) is 23.5 Å². The highest BCUT2D eigenvalue weighted by atomic mass is 19.2. The van der Waals surface area contributed by atoms with Gasteiger partial charge in [0.25, 0.3) is 0 Å². The summed E-state index contributed by atoms with van der Waals surface area (Å²) >= 11 is 0. The third-order valence-electron chi connectivity index (χ3n) is 3.76. The summed E-state index contributed by atoms with van der Waals surface area (Å²) in [5.74, 6) is -4.01. The fourth-order valence-corrected chi connectivity index (χ4v) is 2.62. The third kappa shape index (κ3) is 2.77. The van der Waals surface area contributed by atoms with Gasteiger partial charge in [0.15, 0.2) is 17.5 Å². The number of rotatable bonds is 3. The van der Waals surface area contributed by atoms with Gasteiger partial charge in [-0.2, -0.15) is 0 Å². The van der Waals surface area contributed by atoms with Crippen molar-refractivity contribution in [1.82, 2.24) is 4.90 Å². The number of hydrogen-bond acceptors (Lipinski definition) is 2. The Balaban J connectivity index is 2.20. The SMILES string of the molecule is CCCN1CCC(O)(c2ccc(F)c(F)c2F)CC1. The van der Waals surface area contributed by atoms with Crippen LogP contribution in [0.3, 0.4) is 0 Å². The first-order chi connectivity index (χ1) is 8.98. The van der Waals surface area contributed by atoms with Crippen LogP contribution in [-0.4, -0.2) is 29.6 Å². The highest BCUT2D eigenvalue weighted by molar-refractivity contribution is 5.27. The smallest absolute Gasteiger partial charge is 0.194 e. The number of aliphatic hydroxyl groups is 1. The van der Waals surface area contributed by atoms with Crippen molar-refractivity contribution in [2.24, 2.45) is 0 Å². The van der Waals surface area contributed by atoms with Crippen LogP contribution in [0.15, 0.2) is 12.1 Å². The summed E-state index contributed by atoms with van der Waals surface area (Å²) < 4.78 is 39.9. The van der Waals surface area contributed by atoms with Crippen LogP contribution in [0.1, 0.15) is 31.7 Å². The average Bonchev–Trinajstić information content (AvgIpc) is 2.39. The Morgan fingerprint density at radius 2 is 1.79 bits per heavy atom. The van der Waals surface area contributed by atoms with Crippen LogP contribution in [0, 0.1) is 17.5 Å². The van der Waals surface area contributed by atoms with Crippen LogP contribution in [-0.2, 0) is 5.60 Å². The zero-order valence-electron chi connectivity index (χ0n) is 10.9. The summed E-state index contributed by atoms with van der Waals surface area (Å²) in [5, 5.41) is 10.5. The van der Waals surface area contributed by atoms with E-state index in [4.69, 9.17) is 0 Å². The third-order valence-corrected chi connectivity index (χ3v) is 3.76. The van der Waals surface area contributed by atoms with Gasteiger partial charge in [0.1, 0.15) is 0 Å². The molecule has 1 aromatic rings. The van der Waals surface area contributed by atoms with Crippen molar-refractivity contribution in [2.45, 2.75) is 31.8 Å². The predicted octanol–water partition coefficient (Wildman–Crippen LogP) is 2.80. The van der Waals surface area contributed by atoms with Crippen LogP contribution in [0.5, 0.6) is 0 Å². The van der Waals surface area contributed by atoms with E-state index >= 15 is 0 Å². The van der Waals surface area contributed by atoms with Gasteiger partial charge in [-0.25, -0.2) is 13.2 Å². The van der Waals surface area contributed by atoms with Gasteiger partial charge in [0, 0.05) is 18.7 Å². The number of benzene rings is 1. The Morgan fingerprint density at radius 1 is 1.16 bits per heavy atom. The minimum atomic E-state index is -1.51. The lowest BCUT2D eigenvalue weighted by Crippen LogP contribution is -2.43. The summed E-state index contributed by atoms with van der Waals surface area (Å²) in [6.07, 6.45) is 1.67. The number of nitrogens with zero attached hydrogens (tertiary/aromatic N) is 1. The molecular formula is C14H18F3NO. The molecule has 106 valence electrons. The predicted molar refractivity (Wildman–Crippen MR) is 66.2 cm³/mol. The number of piperidine rings is 1. The first-order valence-corrected chi connectivity index (χ1v) is 6.56. The molecule has 2 nitrogen and oxygen atoms in total. The second kappa shape index (κ2) is 5.51. The van der Waals surface area contributed by atoms with Gasteiger partial charge in [-0.15, -0.1) is 0 Å². The van der Waals surface area contributed by atoms with E-state index in [0.29, 0.717) is 25.9 Å². The first kappa shape index (κ1) is 14.3. The van der Waals surface area contributed by atoms with Crippen molar-refractivity contribution in [3.8, 4) is 0 Å². The van der Waals surface area contributed by atoms with E-state index in [1.54, 1.807) is 0 Å². The molecule has 0 amide bonds. The number of likely N-dealkylation sites (tertiary alicyclic amines) is 1. The first-order valence-electron chi connectivity index (χ1n) is 6.56. The van der Waals surface area contributed by atoms with Gasteiger partial charge in [0.05, 0.1) is 5.60 Å². The molecule has 0 spiro atoms. The molecule has 1 aliphatic heterocycles. The van der Waals surface area contributed by atoms with Gasteiger partial charge < -0.3 is 10.0 Å². The molecule has 19 heavy (non-hydrogen) atoms. The largest absolute Gasteiger partial charge is 0.385 e. The minimum Gasteiger partial charge on any atom is -0.385 e. The lowest BCUT2D eigenvalue weighted by atomic mass is 9.84. The van der Waals surface area contributed by atoms with E-state index in [2.05, 4.69) is 11.8 Å². The van der Waals surface area contributed by atoms with Gasteiger partial charge in [-0.05, 0) is 31.9 Å². The molecule has 1 fully saturated rings. The quantitative estimate of drug-likeness (QED) is 0.856. The lowest BCUT2D eigenvalue weighted by Gasteiger charge is -2.38. The second-order valence-corrected chi connectivity index (χ2v) is 5.10. The van der Waals surface area contributed by atoms with E-state index < -0.39 is 23.1 Å². The minimum absolute atomic E-state index is 0.137. The normalized spacial score (nSPS) is 19.6. The molecule has 0 aliphatic carbocycles. The molecule has 0 unspecified atom stereocenters. The van der Waals surface area contributed by atoms with E-state index in [0.717, 1.165) is 25.1 Å². The molecule has 1 N–H and O–H groups in total. The van der Waals surface area contributed by atoms with Crippen LogP contribution in [0.25, 0.3) is 0 Å². The standard InChI is InChI=1S/C14H18F3NO/c1-2-7-18-8-5-14(19,6-9-18)10-3-4-11(15)13(17)12(10)16/h3-4,19H,2,5-9H2,1H3. The van der Waals surface area contributed by atoms with Crippen LogP contribution < -0.4 is 0 Å². The fourth-order valence-electron chi connectivity index (χ4n) is 2.62. The Morgan fingerprint density at radius 3 is 2.37 bits per heavy atom. The summed E-state index contributed by atoms with van der Waals surface area (Å²) in [5.41, 5.74) is -1.54. The van der Waals surface area contributed by atoms with Crippen molar-refractivity contribution in [3.63, 3.8) is 0 Å². The van der Waals surface area contributed by atoms with Crippen molar-refractivity contribution >= 4 is 0 Å². The molecule has 0 saturated carbocycles. The Labute approximate surface area is 110 Å². The Kier molecular flexibility index (Phi) is 4.16. The molecule has 1 heterocycles. The van der Waals surface area contributed by atoms with E-state index in [1.165, 1.54) is 0 Å². The van der Waals surface area contributed by atoms with Crippen LogP contribution in [0.4, 0.5) is 13.2 Å². The van der Waals surface area contributed by atoms with Gasteiger partial charge in [-0.1, -0.05) is 13.0 Å². The van der Waals surface area contributed by atoms with E-state index in [1.807, 2.05) is 0 Å². The van der Waals surface area contributed by atoms with Crippen molar-refractivity contribution < 1.29 is 18.3 Å². The maximum atomic E-state index is 13.7. The highest BCUT2D eigenvalue weighted by Crippen LogP contribution is 2.35. The van der Waals surface area contributed by atoms with Crippen molar-refractivity contribution in [1.29, 1.82) is 0 Å². The fraction of sp³-hybridized carbons (Fsp3) is 0.571. The Bertz CT molecular complexity index is 456. The molecular weight excluding hydrogens is 255 g/mol. The molecule has 0 radical (unpaired) electrons. The zero-order chi connectivity index (χ0) is 14.0. The highest BCUT2D eigenvalue weighted by Gasteiger charge is 2.37. The van der Waals surface area contributed by atoms with Gasteiger partial charge in [0.2, 0.25) is 0 Å². The molecule has 0 atom stereocenters. The maximum Gasteiger partial charge on any atom is 0.194 e. The van der Waals surface area contributed by atoms with E-state index in [9.17, 15) is 18.3 Å². The molecule has 1 saturated heterocycles. The van der Waals surface area contributed by atoms with Crippen LogP contribution >= 0.6 is 0 Å². The molecule has 1 aromatic carbocycles. The Hall–Kier alpha value is -1.07. The molecule has 1 aliphatic rings. The molecule has 0 bridgehead atoms. The molecule has 5 heteroatoms. The average molecular weight is 273 g/mol. The zero-order valence-corrected chi connectivity index (χ0v) is 10.9. The van der Waals surface area contributed by atoms with Crippen molar-refractivity contribution in [2.75, 3.05) is 19.6 Å². The van der Waals surface area contributed by atoms with Crippen LogP contribution in [0.2, 0.25) is 0 Å². The molecule has 2 rings (SSSR count). The van der Waals surface area contributed by atoms with Gasteiger partial charge >= 0.3 is 0 Å². The van der Waals surface area contributed by atoms with Gasteiger partial charge in [-0.3, -0.25) is 0 Å². The lowest BCUT2D eigenvalue weighted by molar-refractivity contribution is -0.0289. The summed E-state index contributed by atoms with van der Waals surface area (Å²) in [6.45, 7) is 4.25. The summed E-state index contributed by atoms with van der Waals surface area (Å²) in [4.78, 5) is 2.17. The van der Waals surface area contributed by atoms with E-state index in [-0.39, 0.29) is 5.56 Å². The monoisotopic (exact) mass is 273 g/mol.